The Balaban J connectivity index is 2.66. The largest absolute Gasteiger partial charge is 0.508 e. The molecule has 0 amide bonds. The molecule has 3 heteroatoms. The highest BCUT2D eigenvalue weighted by atomic mass is 19.1. The van der Waals surface area contributed by atoms with Crippen molar-refractivity contribution < 1.29 is 9.50 Å². The second-order valence-electron chi connectivity index (χ2n) is 3.18. The maximum absolute atomic E-state index is 12.8. The van der Waals surface area contributed by atoms with Crippen LogP contribution in [0, 0.1) is 5.82 Å². The first kappa shape index (κ1) is 10.7. The molecular weight excluding hydrogens is 181 g/mol. The Hall–Kier alpha value is -1.35. The molecule has 0 aliphatic rings. The molecule has 76 valence electrons. The van der Waals surface area contributed by atoms with Crippen LogP contribution in [0.15, 0.2) is 30.9 Å². The first-order valence-electron chi connectivity index (χ1n) is 4.47. The van der Waals surface area contributed by atoms with Crippen LogP contribution >= 0.6 is 0 Å². The van der Waals surface area contributed by atoms with Gasteiger partial charge in [-0.2, -0.15) is 0 Å². The maximum atomic E-state index is 12.8. The fourth-order valence-corrected chi connectivity index (χ4v) is 1.05. The quantitative estimate of drug-likeness (QED) is 0.722. The van der Waals surface area contributed by atoms with Gasteiger partial charge in [0, 0.05) is 18.2 Å². The predicted molar refractivity (Wildman–Crippen MR) is 54.6 cm³/mol. The summed E-state index contributed by atoms with van der Waals surface area (Å²) in [5.74, 6) is -0.235. The van der Waals surface area contributed by atoms with Gasteiger partial charge in [-0.3, -0.25) is 0 Å². The molecule has 0 aromatic heterocycles. The van der Waals surface area contributed by atoms with E-state index in [1.54, 1.807) is 6.08 Å². The molecule has 2 nitrogen and oxygen atoms in total. The van der Waals surface area contributed by atoms with Crippen molar-refractivity contribution in [2.75, 3.05) is 0 Å². The average Bonchev–Trinajstić information content (AvgIpc) is 2.19. The monoisotopic (exact) mass is 195 g/mol. The van der Waals surface area contributed by atoms with Crippen molar-refractivity contribution in [3.05, 3.63) is 42.2 Å². The molecule has 0 radical (unpaired) electrons. The van der Waals surface area contributed by atoms with Crippen molar-refractivity contribution in [3.8, 4) is 5.75 Å². The Morgan fingerprint density at radius 2 is 2.36 bits per heavy atom. The zero-order valence-electron chi connectivity index (χ0n) is 8.13. The van der Waals surface area contributed by atoms with E-state index in [0.717, 1.165) is 0 Å². The molecule has 1 aromatic rings. The van der Waals surface area contributed by atoms with E-state index in [1.807, 2.05) is 6.92 Å². The van der Waals surface area contributed by atoms with E-state index in [4.69, 9.17) is 0 Å². The van der Waals surface area contributed by atoms with Crippen LogP contribution in [0.25, 0.3) is 0 Å². The molecular formula is C11H14FNO. The SMILES string of the molecule is C=CC(C)NCc1cc(F)ccc1O. The van der Waals surface area contributed by atoms with Crippen LogP contribution in [0.3, 0.4) is 0 Å². The molecule has 1 atom stereocenters. The van der Waals surface area contributed by atoms with Gasteiger partial charge in [0.1, 0.15) is 11.6 Å². The Morgan fingerprint density at radius 3 is 3.00 bits per heavy atom. The number of phenolic OH excluding ortho intramolecular Hbond substituents is 1. The highest BCUT2D eigenvalue weighted by Gasteiger charge is 2.03. The number of nitrogens with one attached hydrogen (secondary N) is 1. The maximum Gasteiger partial charge on any atom is 0.123 e. The third-order valence-electron chi connectivity index (χ3n) is 2.01. The van der Waals surface area contributed by atoms with Gasteiger partial charge in [0.2, 0.25) is 0 Å². The summed E-state index contributed by atoms with van der Waals surface area (Å²) >= 11 is 0. The van der Waals surface area contributed by atoms with Gasteiger partial charge in [0.25, 0.3) is 0 Å². The van der Waals surface area contributed by atoms with Gasteiger partial charge in [0.05, 0.1) is 0 Å². The first-order valence-corrected chi connectivity index (χ1v) is 4.47. The zero-order valence-corrected chi connectivity index (χ0v) is 8.13. The predicted octanol–water partition coefficient (Wildman–Crippen LogP) is 2.20. The van der Waals surface area contributed by atoms with E-state index in [0.29, 0.717) is 12.1 Å². The number of hydrogen-bond donors (Lipinski definition) is 2. The normalized spacial score (nSPS) is 12.4. The van der Waals surface area contributed by atoms with E-state index in [2.05, 4.69) is 11.9 Å². The summed E-state index contributed by atoms with van der Waals surface area (Å²) in [4.78, 5) is 0. The van der Waals surface area contributed by atoms with E-state index in [1.165, 1.54) is 18.2 Å². The summed E-state index contributed by atoms with van der Waals surface area (Å²) in [5.41, 5.74) is 0.554. The van der Waals surface area contributed by atoms with Crippen LogP contribution in [-0.2, 0) is 6.54 Å². The summed E-state index contributed by atoms with van der Waals surface area (Å²) in [7, 11) is 0. The van der Waals surface area contributed by atoms with Crippen molar-refractivity contribution in [1.29, 1.82) is 0 Å². The van der Waals surface area contributed by atoms with Gasteiger partial charge in [-0.05, 0) is 25.1 Å². The molecule has 1 rings (SSSR count). The molecule has 0 saturated carbocycles. The standard InChI is InChI=1S/C11H14FNO/c1-3-8(2)13-7-9-6-10(12)4-5-11(9)14/h3-6,8,13-14H,1,7H2,2H3. The van der Waals surface area contributed by atoms with Gasteiger partial charge < -0.3 is 10.4 Å². The first-order chi connectivity index (χ1) is 6.63. The Kier molecular flexibility index (Phi) is 3.65. The van der Waals surface area contributed by atoms with Gasteiger partial charge in [-0.25, -0.2) is 4.39 Å². The van der Waals surface area contributed by atoms with Crippen LogP contribution in [0.4, 0.5) is 4.39 Å². The zero-order chi connectivity index (χ0) is 10.6. The van der Waals surface area contributed by atoms with Crippen molar-refractivity contribution in [2.24, 2.45) is 0 Å². The Morgan fingerprint density at radius 1 is 1.64 bits per heavy atom. The molecule has 2 N–H and O–H groups in total. The van der Waals surface area contributed by atoms with Gasteiger partial charge in [-0.15, -0.1) is 6.58 Å². The van der Waals surface area contributed by atoms with Crippen LogP contribution < -0.4 is 5.32 Å². The van der Waals surface area contributed by atoms with E-state index in [9.17, 15) is 9.50 Å². The lowest BCUT2D eigenvalue weighted by Crippen LogP contribution is -2.22. The summed E-state index contributed by atoms with van der Waals surface area (Å²) in [6.07, 6.45) is 1.75. The molecule has 1 unspecified atom stereocenters. The van der Waals surface area contributed by atoms with Gasteiger partial charge >= 0.3 is 0 Å². The number of rotatable bonds is 4. The molecule has 0 bridgehead atoms. The molecule has 14 heavy (non-hydrogen) atoms. The van der Waals surface area contributed by atoms with Crippen LogP contribution in [0.5, 0.6) is 5.75 Å². The minimum atomic E-state index is -0.342. The lowest BCUT2D eigenvalue weighted by molar-refractivity contribution is 0.460. The van der Waals surface area contributed by atoms with Crippen LogP contribution in [-0.4, -0.2) is 11.1 Å². The number of benzene rings is 1. The highest BCUT2D eigenvalue weighted by molar-refractivity contribution is 5.32. The average molecular weight is 195 g/mol. The van der Waals surface area contributed by atoms with Gasteiger partial charge in [-0.1, -0.05) is 6.08 Å². The summed E-state index contributed by atoms with van der Waals surface area (Å²) < 4.78 is 12.8. The molecule has 0 heterocycles. The van der Waals surface area contributed by atoms with Crippen molar-refractivity contribution in [1.82, 2.24) is 5.32 Å². The summed E-state index contributed by atoms with van der Waals surface area (Å²) in [6, 6.07) is 4.04. The fourth-order valence-electron chi connectivity index (χ4n) is 1.05. The summed E-state index contributed by atoms with van der Waals surface area (Å²) in [6.45, 7) is 5.98. The van der Waals surface area contributed by atoms with E-state index in [-0.39, 0.29) is 17.6 Å². The van der Waals surface area contributed by atoms with Crippen molar-refractivity contribution in [2.45, 2.75) is 19.5 Å². The highest BCUT2D eigenvalue weighted by Crippen LogP contribution is 2.17. The molecule has 0 aliphatic heterocycles. The second-order valence-corrected chi connectivity index (χ2v) is 3.18. The second kappa shape index (κ2) is 4.77. The van der Waals surface area contributed by atoms with Crippen molar-refractivity contribution >= 4 is 0 Å². The summed E-state index contributed by atoms with van der Waals surface area (Å²) in [5, 5.41) is 12.5. The number of hydrogen-bond acceptors (Lipinski definition) is 2. The minimum absolute atomic E-state index is 0.107. The molecule has 0 spiro atoms. The lowest BCUT2D eigenvalue weighted by Gasteiger charge is -2.10. The molecule has 0 aliphatic carbocycles. The molecule has 1 aromatic carbocycles. The van der Waals surface area contributed by atoms with Crippen LogP contribution in [0.2, 0.25) is 0 Å². The topological polar surface area (TPSA) is 32.3 Å². The third kappa shape index (κ3) is 2.85. The molecule has 0 saturated heterocycles. The minimum Gasteiger partial charge on any atom is -0.508 e. The number of phenols is 1. The Labute approximate surface area is 83.1 Å². The van der Waals surface area contributed by atoms with E-state index >= 15 is 0 Å². The number of halogens is 1. The smallest absolute Gasteiger partial charge is 0.123 e. The lowest BCUT2D eigenvalue weighted by atomic mass is 10.2. The Bertz CT molecular complexity index is 325. The van der Waals surface area contributed by atoms with Crippen LogP contribution in [0.1, 0.15) is 12.5 Å². The number of aromatic hydroxyl groups is 1. The van der Waals surface area contributed by atoms with E-state index < -0.39 is 0 Å². The molecule has 0 fully saturated rings. The fraction of sp³-hybridized carbons (Fsp3) is 0.273. The third-order valence-corrected chi connectivity index (χ3v) is 2.01. The van der Waals surface area contributed by atoms with Crippen molar-refractivity contribution in [3.63, 3.8) is 0 Å². The van der Waals surface area contributed by atoms with Gasteiger partial charge in [0.15, 0.2) is 0 Å².